The van der Waals surface area contributed by atoms with Gasteiger partial charge in [0.15, 0.2) is 0 Å². The van der Waals surface area contributed by atoms with Gasteiger partial charge in [-0.3, -0.25) is 14.4 Å². The molecule has 6 nitrogen and oxygen atoms in total. The molecule has 7 heteroatoms. The molecule has 1 unspecified atom stereocenters. The molecule has 3 rings (SSSR count). The number of carbonyl (C=O) groups excluding carboxylic acids is 1. The SMILES string of the molecule is COC(=O)C1CN(C)CCN1CCn1cc2c(Br)cccc2n1. The number of piperazine rings is 1. The maximum Gasteiger partial charge on any atom is 0.324 e. The smallest absolute Gasteiger partial charge is 0.324 e. The molecule has 1 aromatic carbocycles. The van der Waals surface area contributed by atoms with Gasteiger partial charge >= 0.3 is 5.97 Å². The Morgan fingerprint density at radius 2 is 2.22 bits per heavy atom. The molecule has 1 saturated heterocycles. The summed E-state index contributed by atoms with van der Waals surface area (Å²) in [5.74, 6) is -0.162. The van der Waals surface area contributed by atoms with Crippen LogP contribution >= 0.6 is 15.9 Å². The first kappa shape index (κ1) is 16.4. The number of ether oxygens (including phenoxy) is 1. The highest BCUT2D eigenvalue weighted by Gasteiger charge is 2.31. The van der Waals surface area contributed by atoms with Gasteiger partial charge in [0, 0.05) is 42.2 Å². The van der Waals surface area contributed by atoms with Crippen LogP contribution in [0.2, 0.25) is 0 Å². The molecular weight excluding hydrogens is 360 g/mol. The number of methoxy groups -OCH3 is 1. The van der Waals surface area contributed by atoms with E-state index in [0.717, 1.165) is 41.6 Å². The van der Waals surface area contributed by atoms with Crippen LogP contribution in [0.25, 0.3) is 10.9 Å². The minimum atomic E-state index is -0.199. The van der Waals surface area contributed by atoms with E-state index in [2.05, 4.69) is 30.8 Å². The molecule has 2 heterocycles. The number of aromatic nitrogens is 2. The Bertz CT molecular complexity index is 702. The van der Waals surface area contributed by atoms with Crippen molar-refractivity contribution in [1.29, 1.82) is 0 Å². The first-order chi connectivity index (χ1) is 11.1. The molecule has 1 atom stereocenters. The quantitative estimate of drug-likeness (QED) is 0.753. The molecule has 1 aliphatic heterocycles. The molecule has 0 aliphatic carbocycles. The van der Waals surface area contributed by atoms with Gasteiger partial charge in [-0.15, -0.1) is 0 Å². The van der Waals surface area contributed by atoms with Crippen LogP contribution in [-0.4, -0.2) is 71.9 Å². The number of fused-ring (bicyclic) bond motifs is 1. The van der Waals surface area contributed by atoms with Gasteiger partial charge in [-0.1, -0.05) is 22.0 Å². The third kappa shape index (κ3) is 3.57. The van der Waals surface area contributed by atoms with E-state index in [1.165, 1.54) is 7.11 Å². The number of rotatable bonds is 4. The fourth-order valence-electron chi connectivity index (χ4n) is 2.99. The molecule has 0 saturated carbocycles. The number of benzene rings is 1. The molecule has 0 bridgehead atoms. The Balaban J connectivity index is 1.70. The molecule has 1 aromatic heterocycles. The van der Waals surface area contributed by atoms with Gasteiger partial charge in [-0.25, -0.2) is 0 Å². The molecule has 0 radical (unpaired) electrons. The predicted octanol–water partition coefficient (Wildman–Crippen LogP) is 1.59. The Morgan fingerprint density at radius 3 is 2.96 bits per heavy atom. The van der Waals surface area contributed by atoms with Crippen molar-refractivity contribution in [2.75, 3.05) is 40.3 Å². The van der Waals surface area contributed by atoms with E-state index in [4.69, 9.17) is 4.74 Å². The molecule has 124 valence electrons. The lowest BCUT2D eigenvalue weighted by Crippen LogP contribution is -2.56. The molecule has 2 aromatic rings. The van der Waals surface area contributed by atoms with Gasteiger partial charge in [-0.05, 0) is 19.2 Å². The zero-order valence-electron chi connectivity index (χ0n) is 13.4. The number of nitrogens with zero attached hydrogens (tertiary/aromatic N) is 4. The molecule has 23 heavy (non-hydrogen) atoms. The van der Waals surface area contributed by atoms with Crippen molar-refractivity contribution in [2.45, 2.75) is 12.6 Å². The summed E-state index contributed by atoms with van der Waals surface area (Å²) >= 11 is 3.55. The lowest BCUT2D eigenvalue weighted by atomic mass is 10.1. The van der Waals surface area contributed by atoms with Gasteiger partial charge < -0.3 is 9.64 Å². The summed E-state index contributed by atoms with van der Waals surface area (Å²) in [6.07, 6.45) is 2.04. The van der Waals surface area contributed by atoms with E-state index in [1.807, 2.05) is 36.1 Å². The van der Waals surface area contributed by atoms with E-state index in [1.54, 1.807) is 0 Å². The molecule has 1 fully saturated rings. The van der Waals surface area contributed by atoms with Gasteiger partial charge in [-0.2, -0.15) is 5.10 Å². The second-order valence-corrected chi connectivity index (χ2v) is 6.76. The predicted molar refractivity (Wildman–Crippen MR) is 92.3 cm³/mol. The summed E-state index contributed by atoms with van der Waals surface area (Å²) in [5, 5.41) is 5.70. The number of hydrogen-bond donors (Lipinski definition) is 0. The topological polar surface area (TPSA) is 50.6 Å². The summed E-state index contributed by atoms with van der Waals surface area (Å²) in [5.41, 5.74) is 0.974. The van der Waals surface area contributed by atoms with Crippen LogP contribution in [-0.2, 0) is 16.1 Å². The Labute approximate surface area is 144 Å². The standard InChI is InChI=1S/C16H21BrN4O2/c1-19-6-7-20(15(11-19)16(22)23-2)8-9-21-10-12-13(17)4-3-5-14(12)18-21/h3-5,10,15H,6-9,11H2,1-2H3. The number of likely N-dealkylation sites (N-methyl/N-ethyl adjacent to an activating group) is 1. The zero-order valence-corrected chi connectivity index (χ0v) is 15.0. The largest absolute Gasteiger partial charge is 0.468 e. The highest BCUT2D eigenvalue weighted by molar-refractivity contribution is 9.10. The highest BCUT2D eigenvalue weighted by Crippen LogP contribution is 2.22. The monoisotopic (exact) mass is 380 g/mol. The third-order valence-corrected chi connectivity index (χ3v) is 5.02. The molecule has 0 N–H and O–H groups in total. The van der Waals surface area contributed by atoms with E-state index >= 15 is 0 Å². The average molecular weight is 381 g/mol. The van der Waals surface area contributed by atoms with Crippen molar-refractivity contribution in [3.05, 3.63) is 28.9 Å². The Morgan fingerprint density at radius 1 is 1.39 bits per heavy atom. The van der Waals surface area contributed by atoms with Crippen LogP contribution in [0.5, 0.6) is 0 Å². The summed E-state index contributed by atoms with van der Waals surface area (Å²) in [4.78, 5) is 16.4. The summed E-state index contributed by atoms with van der Waals surface area (Å²) < 4.78 is 7.94. The fourth-order valence-corrected chi connectivity index (χ4v) is 3.44. The van der Waals surface area contributed by atoms with Crippen molar-refractivity contribution in [2.24, 2.45) is 0 Å². The van der Waals surface area contributed by atoms with Gasteiger partial charge in [0.05, 0.1) is 19.2 Å². The van der Waals surface area contributed by atoms with Crippen LogP contribution in [0, 0.1) is 0 Å². The van der Waals surface area contributed by atoms with Crippen LogP contribution in [0.4, 0.5) is 0 Å². The first-order valence-corrected chi connectivity index (χ1v) is 8.50. The maximum atomic E-state index is 12.0. The Hall–Kier alpha value is -1.44. The highest BCUT2D eigenvalue weighted by atomic mass is 79.9. The van der Waals surface area contributed by atoms with Crippen molar-refractivity contribution in [3.63, 3.8) is 0 Å². The lowest BCUT2D eigenvalue weighted by molar-refractivity contribution is -0.149. The van der Waals surface area contributed by atoms with Gasteiger partial charge in [0.1, 0.15) is 6.04 Å². The fraction of sp³-hybridized carbons (Fsp3) is 0.500. The van der Waals surface area contributed by atoms with Crippen molar-refractivity contribution in [1.82, 2.24) is 19.6 Å². The zero-order chi connectivity index (χ0) is 16.4. The normalized spacial score (nSPS) is 20.0. The molecule has 0 amide bonds. The van der Waals surface area contributed by atoms with Gasteiger partial charge in [0.2, 0.25) is 0 Å². The van der Waals surface area contributed by atoms with Gasteiger partial charge in [0.25, 0.3) is 0 Å². The molecular formula is C16H21BrN4O2. The van der Waals surface area contributed by atoms with E-state index in [-0.39, 0.29) is 12.0 Å². The summed E-state index contributed by atoms with van der Waals surface area (Å²) in [6.45, 7) is 4.05. The second kappa shape index (κ2) is 6.98. The number of halogens is 1. The van der Waals surface area contributed by atoms with Crippen molar-refractivity contribution < 1.29 is 9.53 Å². The minimum absolute atomic E-state index is 0.162. The van der Waals surface area contributed by atoms with E-state index in [0.29, 0.717) is 6.54 Å². The Kier molecular flexibility index (Phi) is 4.99. The minimum Gasteiger partial charge on any atom is -0.468 e. The third-order valence-electron chi connectivity index (χ3n) is 4.33. The number of hydrogen-bond acceptors (Lipinski definition) is 5. The van der Waals surface area contributed by atoms with Crippen LogP contribution < -0.4 is 0 Å². The lowest BCUT2D eigenvalue weighted by Gasteiger charge is -2.38. The number of esters is 1. The average Bonchev–Trinajstić information content (AvgIpc) is 2.97. The first-order valence-electron chi connectivity index (χ1n) is 7.70. The summed E-state index contributed by atoms with van der Waals surface area (Å²) in [6, 6.07) is 5.80. The molecule has 1 aliphatic rings. The van der Waals surface area contributed by atoms with Crippen molar-refractivity contribution >= 4 is 32.8 Å². The van der Waals surface area contributed by atoms with Crippen molar-refractivity contribution in [3.8, 4) is 0 Å². The van der Waals surface area contributed by atoms with Crippen LogP contribution in [0.3, 0.4) is 0 Å². The maximum absolute atomic E-state index is 12.0. The second-order valence-electron chi connectivity index (χ2n) is 5.90. The molecule has 0 spiro atoms. The van der Waals surface area contributed by atoms with Crippen LogP contribution in [0.1, 0.15) is 0 Å². The van der Waals surface area contributed by atoms with E-state index in [9.17, 15) is 4.79 Å². The summed E-state index contributed by atoms with van der Waals surface area (Å²) in [7, 11) is 3.48. The van der Waals surface area contributed by atoms with Crippen LogP contribution in [0.15, 0.2) is 28.9 Å². The number of carbonyl (C=O) groups is 1. The van der Waals surface area contributed by atoms with E-state index < -0.39 is 0 Å².